The van der Waals surface area contributed by atoms with E-state index in [1.54, 1.807) is 12.1 Å². The van der Waals surface area contributed by atoms with Gasteiger partial charge in [0.2, 0.25) is 0 Å². The normalized spacial score (nSPS) is 12.5. The number of rotatable bonds is 3. The molecule has 1 nitrogen and oxygen atoms in total. The van der Waals surface area contributed by atoms with Crippen LogP contribution in [0.3, 0.4) is 0 Å². The number of fused-ring (bicyclic) bond motifs is 1. The smallest absolute Gasteiger partial charge is 0.131 e. The molecular weight excluding hydrogens is 261 g/mol. The minimum Gasteiger partial charge on any atom is -0.320 e. The molecule has 2 heteroatoms. The molecule has 0 radical (unpaired) electrons. The van der Waals surface area contributed by atoms with Crippen LogP contribution in [-0.2, 0) is 6.42 Å². The second-order valence-electron chi connectivity index (χ2n) is 5.21. The van der Waals surface area contributed by atoms with Crippen molar-refractivity contribution in [1.29, 1.82) is 0 Å². The third-order valence-corrected chi connectivity index (χ3v) is 4.01. The zero-order valence-corrected chi connectivity index (χ0v) is 12.0. The minimum absolute atomic E-state index is 0.203. The lowest BCUT2D eigenvalue weighted by Gasteiger charge is -2.18. The molecule has 0 spiro atoms. The van der Waals surface area contributed by atoms with E-state index in [-0.39, 0.29) is 11.9 Å². The molecule has 0 aliphatic heterocycles. The van der Waals surface area contributed by atoms with Crippen LogP contribution in [0.25, 0.3) is 10.8 Å². The lowest BCUT2D eigenvalue weighted by Crippen LogP contribution is -2.14. The standard InChI is InChI=1S/C19H18FN/c1-2-13-7-3-4-8-14(13)19(21)17-11-12-18(20)16-10-6-5-9-15(16)17/h3-12,19H,2,21H2,1H3. The first-order valence-corrected chi connectivity index (χ1v) is 7.23. The molecule has 21 heavy (non-hydrogen) atoms. The molecule has 2 N–H and O–H groups in total. The van der Waals surface area contributed by atoms with Gasteiger partial charge in [-0.15, -0.1) is 0 Å². The molecule has 3 aromatic rings. The molecule has 0 amide bonds. The Morgan fingerprint density at radius 1 is 0.857 bits per heavy atom. The van der Waals surface area contributed by atoms with E-state index in [1.807, 2.05) is 30.3 Å². The van der Waals surface area contributed by atoms with Crippen LogP contribution in [0.5, 0.6) is 0 Å². The predicted molar refractivity (Wildman–Crippen MR) is 85.8 cm³/mol. The molecule has 0 heterocycles. The Bertz CT molecular complexity index is 779. The maximum absolute atomic E-state index is 13.9. The van der Waals surface area contributed by atoms with E-state index >= 15 is 0 Å². The number of halogens is 1. The van der Waals surface area contributed by atoms with E-state index in [0.717, 1.165) is 22.9 Å². The van der Waals surface area contributed by atoms with Crippen molar-refractivity contribution < 1.29 is 4.39 Å². The molecule has 0 aliphatic carbocycles. The predicted octanol–water partition coefficient (Wildman–Crippen LogP) is 4.59. The summed E-state index contributed by atoms with van der Waals surface area (Å²) in [5, 5.41) is 1.51. The zero-order valence-electron chi connectivity index (χ0n) is 12.0. The van der Waals surface area contributed by atoms with Gasteiger partial charge in [-0.1, -0.05) is 61.5 Å². The fourth-order valence-electron chi connectivity index (χ4n) is 2.88. The number of hydrogen-bond acceptors (Lipinski definition) is 1. The van der Waals surface area contributed by atoms with Gasteiger partial charge in [-0.3, -0.25) is 0 Å². The summed E-state index contributed by atoms with van der Waals surface area (Å²) in [5.41, 5.74) is 9.79. The van der Waals surface area contributed by atoms with Crippen molar-refractivity contribution in [2.24, 2.45) is 5.73 Å². The Balaban J connectivity index is 2.18. The fourth-order valence-corrected chi connectivity index (χ4v) is 2.88. The van der Waals surface area contributed by atoms with E-state index in [1.165, 1.54) is 11.6 Å². The number of aryl methyl sites for hydroxylation is 1. The van der Waals surface area contributed by atoms with Gasteiger partial charge in [0.15, 0.2) is 0 Å². The van der Waals surface area contributed by atoms with Gasteiger partial charge in [-0.05, 0) is 34.6 Å². The summed E-state index contributed by atoms with van der Waals surface area (Å²) in [4.78, 5) is 0. The van der Waals surface area contributed by atoms with Crippen LogP contribution in [0.4, 0.5) is 4.39 Å². The second kappa shape index (κ2) is 5.66. The highest BCUT2D eigenvalue weighted by Gasteiger charge is 2.15. The summed E-state index contributed by atoms with van der Waals surface area (Å²) in [6, 6.07) is 18.7. The second-order valence-corrected chi connectivity index (χ2v) is 5.21. The Labute approximate surface area is 124 Å². The first kappa shape index (κ1) is 13.8. The number of hydrogen-bond donors (Lipinski definition) is 1. The minimum atomic E-state index is -0.244. The molecule has 3 aromatic carbocycles. The first-order valence-electron chi connectivity index (χ1n) is 7.23. The quantitative estimate of drug-likeness (QED) is 0.745. The van der Waals surface area contributed by atoms with E-state index < -0.39 is 0 Å². The summed E-state index contributed by atoms with van der Waals surface area (Å²) in [6.45, 7) is 2.12. The maximum atomic E-state index is 13.9. The zero-order chi connectivity index (χ0) is 14.8. The van der Waals surface area contributed by atoms with E-state index in [0.29, 0.717) is 5.39 Å². The van der Waals surface area contributed by atoms with E-state index in [2.05, 4.69) is 19.1 Å². The molecule has 0 saturated carbocycles. The van der Waals surface area contributed by atoms with Crippen molar-refractivity contribution in [3.8, 4) is 0 Å². The van der Waals surface area contributed by atoms with Gasteiger partial charge in [0.1, 0.15) is 5.82 Å². The van der Waals surface area contributed by atoms with Gasteiger partial charge in [0.05, 0.1) is 6.04 Å². The summed E-state index contributed by atoms with van der Waals surface area (Å²) >= 11 is 0. The molecule has 1 unspecified atom stereocenters. The van der Waals surface area contributed by atoms with Crippen LogP contribution in [0.2, 0.25) is 0 Å². The van der Waals surface area contributed by atoms with Crippen molar-refractivity contribution in [2.75, 3.05) is 0 Å². The topological polar surface area (TPSA) is 26.0 Å². The molecule has 0 bridgehead atoms. The largest absolute Gasteiger partial charge is 0.320 e. The molecule has 0 fully saturated rings. The first-order chi connectivity index (χ1) is 10.2. The highest BCUT2D eigenvalue weighted by molar-refractivity contribution is 5.87. The molecule has 106 valence electrons. The average Bonchev–Trinajstić information content (AvgIpc) is 2.55. The third kappa shape index (κ3) is 2.43. The van der Waals surface area contributed by atoms with Crippen LogP contribution in [0.1, 0.15) is 29.7 Å². The molecule has 0 aromatic heterocycles. The molecule has 0 aliphatic rings. The lowest BCUT2D eigenvalue weighted by atomic mass is 9.91. The van der Waals surface area contributed by atoms with Crippen LogP contribution < -0.4 is 5.73 Å². The van der Waals surface area contributed by atoms with Crippen molar-refractivity contribution in [3.63, 3.8) is 0 Å². The SMILES string of the molecule is CCc1ccccc1C(N)c1ccc(F)c2ccccc12. The van der Waals surface area contributed by atoms with Crippen LogP contribution >= 0.6 is 0 Å². The maximum Gasteiger partial charge on any atom is 0.131 e. The van der Waals surface area contributed by atoms with Crippen molar-refractivity contribution in [2.45, 2.75) is 19.4 Å². The van der Waals surface area contributed by atoms with Crippen molar-refractivity contribution in [1.82, 2.24) is 0 Å². The summed E-state index contributed by atoms with van der Waals surface area (Å²) in [5.74, 6) is -0.203. The van der Waals surface area contributed by atoms with Crippen LogP contribution in [0, 0.1) is 5.82 Å². The molecule has 0 saturated heterocycles. The Hall–Kier alpha value is -2.19. The van der Waals surface area contributed by atoms with Crippen molar-refractivity contribution >= 4 is 10.8 Å². The molecule has 3 rings (SSSR count). The van der Waals surface area contributed by atoms with Gasteiger partial charge in [0, 0.05) is 5.39 Å². The van der Waals surface area contributed by atoms with Gasteiger partial charge < -0.3 is 5.73 Å². The highest BCUT2D eigenvalue weighted by atomic mass is 19.1. The Morgan fingerprint density at radius 3 is 2.29 bits per heavy atom. The lowest BCUT2D eigenvalue weighted by molar-refractivity contribution is 0.639. The third-order valence-electron chi connectivity index (χ3n) is 4.01. The molecular formula is C19H18FN. The van der Waals surface area contributed by atoms with Crippen molar-refractivity contribution in [3.05, 3.63) is 83.2 Å². The summed E-state index contributed by atoms with van der Waals surface area (Å²) in [6.07, 6.45) is 0.934. The number of nitrogens with two attached hydrogens (primary N) is 1. The fraction of sp³-hybridized carbons (Fsp3) is 0.158. The van der Waals surface area contributed by atoms with Gasteiger partial charge >= 0.3 is 0 Å². The van der Waals surface area contributed by atoms with Gasteiger partial charge in [-0.25, -0.2) is 4.39 Å². The van der Waals surface area contributed by atoms with Crippen LogP contribution in [0.15, 0.2) is 60.7 Å². The average molecular weight is 279 g/mol. The Kier molecular flexibility index (Phi) is 3.72. The van der Waals surface area contributed by atoms with Gasteiger partial charge in [0.25, 0.3) is 0 Å². The molecule has 1 atom stereocenters. The van der Waals surface area contributed by atoms with E-state index in [9.17, 15) is 4.39 Å². The summed E-state index contributed by atoms with van der Waals surface area (Å²) < 4.78 is 13.9. The van der Waals surface area contributed by atoms with Crippen LogP contribution in [-0.4, -0.2) is 0 Å². The van der Waals surface area contributed by atoms with Gasteiger partial charge in [-0.2, -0.15) is 0 Å². The van der Waals surface area contributed by atoms with E-state index in [4.69, 9.17) is 5.73 Å². The Morgan fingerprint density at radius 2 is 1.52 bits per heavy atom. The number of benzene rings is 3. The highest BCUT2D eigenvalue weighted by Crippen LogP contribution is 2.30. The summed E-state index contributed by atoms with van der Waals surface area (Å²) in [7, 11) is 0. The monoisotopic (exact) mass is 279 g/mol.